The number of amides is 3. The molecule has 3 amide bonds. The maximum atomic E-state index is 12.3. The van der Waals surface area contributed by atoms with Gasteiger partial charge >= 0.3 is 6.09 Å². The normalized spacial score (nSPS) is 17.1. The summed E-state index contributed by atoms with van der Waals surface area (Å²) in [4.78, 5) is 41.7. The number of aryl methyl sites for hydroxylation is 1. The summed E-state index contributed by atoms with van der Waals surface area (Å²) in [6, 6.07) is 25.2. The molecular weight excluding hydrogens is 592 g/mol. The smallest absolute Gasteiger partial charge is 0.404 e. The van der Waals surface area contributed by atoms with E-state index in [1.165, 1.54) is 11.3 Å². The van der Waals surface area contributed by atoms with E-state index >= 15 is 0 Å². The van der Waals surface area contributed by atoms with Crippen molar-refractivity contribution in [1.29, 1.82) is 0 Å². The summed E-state index contributed by atoms with van der Waals surface area (Å²) in [5.74, 6) is -0.142. The van der Waals surface area contributed by atoms with E-state index in [1.807, 2.05) is 35.8 Å². The summed E-state index contributed by atoms with van der Waals surface area (Å²) in [6.07, 6.45) is 5.61. The number of nitrogens with zero attached hydrogens (tertiary/aromatic N) is 4. The van der Waals surface area contributed by atoms with Crippen LogP contribution in [0.1, 0.15) is 59.8 Å². The number of aromatic nitrogens is 3. The summed E-state index contributed by atoms with van der Waals surface area (Å²) in [7, 11) is 0. The first-order chi connectivity index (χ1) is 22.8. The fourth-order valence-electron chi connectivity index (χ4n) is 6.87. The number of carbonyl (C=O) groups excluding carboxylic acids is 2. The average molecular weight is 629 g/mol. The van der Waals surface area contributed by atoms with Gasteiger partial charge in [-0.2, -0.15) is 5.10 Å². The van der Waals surface area contributed by atoms with Gasteiger partial charge in [-0.3, -0.25) is 14.9 Å². The molecule has 4 heterocycles. The molecule has 1 unspecified atom stereocenters. The highest BCUT2D eigenvalue weighted by Gasteiger charge is 2.28. The van der Waals surface area contributed by atoms with Crippen LogP contribution >= 0.6 is 0 Å². The first kappa shape index (κ1) is 30.2. The summed E-state index contributed by atoms with van der Waals surface area (Å²) in [5, 5.41) is 18.3. The highest BCUT2D eigenvalue weighted by molar-refractivity contribution is 6.00. The number of carboxylic acid groups (broad SMARTS) is 1. The molecule has 7 rings (SSSR count). The van der Waals surface area contributed by atoms with Crippen molar-refractivity contribution in [2.24, 2.45) is 0 Å². The van der Waals surface area contributed by atoms with E-state index in [2.05, 4.69) is 80.2 Å². The minimum Gasteiger partial charge on any atom is -0.465 e. The van der Waals surface area contributed by atoms with Crippen LogP contribution in [0.3, 0.4) is 0 Å². The molecular formula is C37H36N6O4. The van der Waals surface area contributed by atoms with Gasteiger partial charge in [-0.25, -0.2) is 14.3 Å². The van der Waals surface area contributed by atoms with Gasteiger partial charge in [0.05, 0.1) is 17.1 Å². The maximum absolute atomic E-state index is 12.3. The Kier molecular flexibility index (Phi) is 8.15. The molecule has 10 nitrogen and oxygen atoms in total. The lowest BCUT2D eigenvalue weighted by Crippen LogP contribution is -2.39. The quantitative estimate of drug-likeness (QED) is 0.187. The van der Waals surface area contributed by atoms with E-state index in [9.17, 15) is 14.4 Å². The number of rotatable bonds is 7. The molecule has 2 fully saturated rings. The lowest BCUT2D eigenvalue weighted by atomic mass is 9.86. The third-order valence-corrected chi connectivity index (χ3v) is 9.56. The van der Waals surface area contributed by atoms with Gasteiger partial charge in [0.25, 0.3) is 0 Å². The summed E-state index contributed by atoms with van der Waals surface area (Å²) in [6.45, 7) is 4.17. The topological polar surface area (TPSA) is 129 Å². The van der Waals surface area contributed by atoms with E-state index < -0.39 is 6.09 Å². The third-order valence-electron chi connectivity index (χ3n) is 9.56. The molecule has 2 saturated heterocycles. The Morgan fingerprint density at radius 2 is 1.64 bits per heavy atom. The zero-order valence-corrected chi connectivity index (χ0v) is 26.1. The largest absolute Gasteiger partial charge is 0.465 e. The lowest BCUT2D eigenvalue weighted by molar-refractivity contribution is -0.134. The van der Waals surface area contributed by atoms with Crippen molar-refractivity contribution in [2.75, 3.05) is 18.0 Å². The van der Waals surface area contributed by atoms with Crippen LogP contribution in [0.25, 0.3) is 27.9 Å². The number of anilines is 1. The van der Waals surface area contributed by atoms with Gasteiger partial charge < -0.3 is 15.3 Å². The molecule has 3 N–H and O–H groups in total. The Morgan fingerprint density at radius 1 is 0.915 bits per heavy atom. The number of hydrogen-bond donors (Lipinski definition) is 3. The summed E-state index contributed by atoms with van der Waals surface area (Å²) >= 11 is 0. The van der Waals surface area contributed by atoms with Crippen LogP contribution in [0.4, 0.5) is 10.5 Å². The van der Waals surface area contributed by atoms with Crippen LogP contribution in [0.15, 0.2) is 85.3 Å². The van der Waals surface area contributed by atoms with E-state index in [1.54, 1.807) is 6.33 Å². The second kappa shape index (κ2) is 12.7. The van der Waals surface area contributed by atoms with Crippen molar-refractivity contribution in [2.45, 2.75) is 51.0 Å². The minimum absolute atomic E-state index is 0.184. The predicted molar refractivity (Wildman–Crippen MR) is 179 cm³/mol. The summed E-state index contributed by atoms with van der Waals surface area (Å²) < 4.78 is 1.85. The molecule has 1 atom stereocenters. The number of fused-ring (bicyclic) bond motifs is 1. The standard InChI is InChI=1S/C37H36N6O4/c1-23-18-28(6-7-29(23)20-38-37(46)47)35-33-19-30(21-43(33)40-22-39-35)25-8-10-31(11-9-25)42-16-14-26(15-17-42)24-2-4-27(5-3-24)32-12-13-34(44)41-36(32)45/h2-11,18-19,21-22,26,32,38H,12-17,20H2,1H3,(H,46,47)(H,41,44,45). The monoisotopic (exact) mass is 628 g/mol. The van der Waals surface area contributed by atoms with Crippen molar-refractivity contribution in [3.63, 3.8) is 0 Å². The van der Waals surface area contributed by atoms with Gasteiger partial charge in [0.1, 0.15) is 6.33 Å². The SMILES string of the molecule is Cc1cc(-c2ncnn3cc(-c4ccc(N5CCC(c6ccc(C7CCC(=O)NC7=O)cc6)CC5)cc4)cc23)ccc1CNC(=O)O. The van der Waals surface area contributed by atoms with E-state index in [-0.39, 0.29) is 24.3 Å². The lowest BCUT2D eigenvalue weighted by Gasteiger charge is -2.34. The predicted octanol–water partition coefficient (Wildman–Crippen LogP) is 6.04. The fraction of sp³-hybridized carbons (Fsp3) is 0.270. The van der Waals surface area contributed by atoms with Crippen LogP contribution in [-0.2, 0) is 16.1 Å². The maximum Gasteiger partial charge on any atom is 0.404 e. The summed E-state index contributed by atoms with van der Waals surface area (Å²) in [5.41, 5.74) is 10.2. The highest BCUT2D eigenvalue weighted by Crippen LogP contribution is 2.34. The second-order valence-electron chi connectivity index (χ2n) is 12.4. The first-order valence-electron chi connectivity index (χ1n) is 16.0. The molecule has 47 heavy (non-hydrogen) atoms. The number of hydrogen-bond acceptors (Lipinski definition) is 6. The first-order valence-corrected chi connectivity index (χ1v) is 16.0. The van der Waals surface area contributed by atoms with Gasteiger partial charge in [-0.15, -0.1) is 0 Å². The number of benzene rings is 3. The van der Waals surface area contributed by atoms with Crippen molar-refractivity contribution in [1.82, 2.24) is 25.2 Å². The molecule has 238 valence electrons. The molecule has 0 aliphatic carbocycles. The molecule has 10 heteroatoms. The van der Waals surface area contributed by atoms with Crippen LogP contribution in [0, 0.1) is 6.92 Å². The molecule has 0 saturated carbocycles. The zero-order chi connectivity index (χ0) is 32.5. The molecule has 0 bridgehead atoms. The van der Waals surface area contributed by atoms with Crippen LogP contribution in [0.5, 0.6) is 0 Å². The molecule has 5 aromatic rings. The Bertz CT molecular complexity index is 1960. The number of nitrogens with one attached hydrogen (secondary N) is 2. The Balaban J connectivity index is 1.01. The fourth-order valence-corrected chi connectivity index (χ4v) is 6.87. The molecule has 2 aliphatic rings. The zero-order valence-electron chi connectivity index (χ0n) is 26.1. The average Bonchev–Trinajstić information content (AvgIpc) is 3.53. The van der Waals surface area contributed by atoms with Crippen molar-refractivity contribution in [3.05, 3.63) is 108 Å². The molecule has 3 aromatic carbocycles. The van der Waals surface area contributed by atoms with Crippen molar-refractivity contribution in [3.8, 4) is 22.4 Å². The molecule has 2 aromatic heterocycles. The minimum atomic E-state index is -1.04. The third kappa shape index (κ3) is 6.31. The van der Waals surface area contributed by atoms with E-state index in [0.717, 1.165) is 70.5 Å². The van der Waals surface area contributed by atoms with Crippen LogP contribution < -0.4 is 15.5 Å². The van der Waals surface area contributed by atoms with Gasteiger partial charge in [0, 0.05) is 49.1 Å². The number of piperidine rings is 2. The molecule has 0 radical (unpaired) electrons. The van der Waals surface area contributed by atoms with Crippen molar-refractivity contribution < 1.29 is 19.5 Å². The molecule has 2 aliphatic heterocycles. The van der Waals surface area contributed by atoms with Gasteiger partial charge in [0.2, 0.25) is 11.8 Å². The van der Waals surface area contributed by atoms with E-state index in [0.29, 0.717) is 18.8 Å². The van der Waals surface area contributed by atoms with Gasteiger partial charge in [0.15, 0.2) is 0 Å². The Labute approximate surface area is 272 Å². The van der Waals surface area contributed by atoms with Crippen LogP contribution in [0.2, 0.25) is 0 Å². The van der Waals surface area contributed by atoms with Gasteiger partial charge in [-0.1, -0.05) is 48.5 Å². The highest BCUT2D eigenvalue weighted by atomic mass is 16.4. The van der Waals surface area contributed by atoms with Crippen molar-refractivity contribution >= 4 is 29.1 Å². The number of carbonyl (C=O) groups is 3. The Morgan fingerprint density at radius 3 is 2.34 bits per heavy atom. The number of imide groups is 1. The Hall–Kier alpha value is -5.51. The molecule has 0 spiro atoms. The van der Waals surface area contributed by atoms with Crippen LogP contribution in [-0.4, -0.2) is 50.7 Å². The van der Waals surface area contributed by atoms with Gasteiger partial charge in [-0.05, 0) is 84.2 Å². The van der Waals surface area contributed by atoms with E-state index in [4.69, 9.17) is 5.11 Å². The second-order valence-corrected chi connectivity index (χ2v) is 12.4.